The molecular weight excluding hydrogens is 340 g/mol. The number of hydrogen-bond acceptors (Lipinski definition) is 4. The summed E-state index contributed by atoms with van der Waals surface area (Å²) < 4.78 is 27.1. The quantitative estimate of drug-likeness (QED) is 0.525. The Balaban J connectivity index is 2.09. The Bertz CT molecular complexity index is 1080. The molecule has 0 aromatic heterocycles. The highest BCUT2D eigenvalue weighted by atomic mass is 32.2. The van der Waals surface area contributed by atoms with Crippen LogP contribution in [0.4, 0.5) is 11.4 Å². The molecular formula is C18H16N2O4S. The highest BCUT2D eigenvalue weighted by Gasteiger charge is 2.25. The third kappa shape index (κ3) is 3.06. The number of nitro benzene ring substituents is 1. The molecule has 0 bridgehead atoms. The Hall–Kier alpha value is -2.93. The molecule has 0 heterocycles. The predicted molar refractivity (Wildman–Crippen MR) is 97.4 cm³/mol. The number of nitro groups is 1. The Labute approximate surface area is 145 Å². The maximum Gasteiger partial charge on any atom is 0.270 e. The summed E-state index contributed by atoms with van der Waals surface area (Å²) in [6, 6.07) is 16.8. The molecule has 0 saturated carbocycles. The number of fused-ring (bicyclic) bond motifs is 1. The highest BCUT2D eigenvalue weighted by Crippen LogP contribution is 2.29. The number of anilines is 1. The predicted octanol–water partition coefficient (Wildman–Crippen LogP) is 3.88. The third-order valence-electron chi connectivity index (χ3n) is 4.12. The van der Waals surface area contributed by atoms with Crippen LogP contribution >= 0.6 is 0 Å². The van der Waals surface area contributed by atoms with Crippen molar-refractivity contribution in [3.8, 4) is 0 Å². The second kappa shape index (κ2) is 6.18. The van der Waals surface area contributed by atoms with Gasteiger partial charge < -0.3 is 0 Å². The molecule has 0 unspecified atom stereocenters. The van der Waals surface area contributed by atoms with Gasteiger partial charge in [0.2, 0.25) is 0 Å². The van der Waals surface area contributed by atoms with Gasteiger partial charge in [-0.1, -0.05) is 36.4 Å². The number of non-ortho nitro benzene ring substituents is 1. The summed E-state index contributed by atoms with van der Waals surface area (Å²) in [6.07, 6.45) is 0. The van der Waals surface area contributed by atoms with Crippen molar-refractivity contribution in [1.82, 2.24) is 0 Å². The van der Waals surface area contributed by atoms with Gasteiger partial charge in [-0.25, -0.2) is 8.42 Å². The van der Waals surface area contributed by atoms with Gasteiger partial charge in [-0.3, -0.25) is 14.4 Å². The monoisotopic (exact) mass is 356 g/mol. The van der Waals surface area contributed by atoms with Crippen LogP contribution < -0.4 is 4.31 Å². The molecule has 0 fully saturated rings. The Morgan fingerprint density at radius 3 is 2.32 bits per heavy atom. The largest absolute Gasteiger partial charge is 0.270 e. The number of sulfonamides is 1. The van der Waals surface area contributed by atoms with E-state index in [0.29, 0.717) is 11.3 Å². The van der Waals surface area contributed by atoms with Gasteiger partial charge in [-0.2, -0.15) is 0 Å². The number of nitrogens with zero attached hydrogens (tertiary/aromatic N) is 2. The smallest absolute Gasteiger partial charge is 0.269 e. The normalized spacial score (nSPS) is 11.4. The lowest BCUT2D eigenvalue weighted by Gasteiger charge is -2.21. The average molecular weight is 356 g/mol. The molecule has 128 valence electrons. The van der Waals surface area contributed by atoms with E-state index in [9.17, 15) is 18.5 Å². The molecule has 7 heteroatoms. The van der Waals surface area contributed by atoms with Gasteiger partial charge in [-0.05, 0) is 35.4 Å². The first-order valence-electron chi connectivity index (χ1n) is 7.53. The first-order chi connectivity index (χ1) is 11.8. The molecule has 0 aliphatic carbocycles. The van der Waals surface area contributed by atoms with Gasteiger partial charge in [0.25, 0.3) is 15.7 Å². The molecule has 0 aliphatic rings. The van der Waals surface area contributed by atoms with Gasteiger partial charge in [0.1, 0.15) is 0 Å². The van der Waals surface area contributed by atoms with Crippen LogP contribution in [0.1, 0.15) is 5.56 Å². The van der Waals surface area contributed by atoms with Crippen LogP contribution in [0.3, 0.4) is 0 Å². The van der Waals surface area contributed by atoms with Crippen molar-refractivity contribution in [2.45, 2.75) is 11.8 Å². The third-order valence-corrected chi connectivity index (χ3v) is 6.05. The van der Waals surface area contributed by atoms with E-state index in [1.165, 1.54) is 19.2 Å². The fourth-order valence-corrected chi connectivity index (χ4v) is 4.07. The highest BCUT2D eigenvalue weighted by molar-refractivity contribution is 7.92. The molecule has 0 radical (unpaired) electrons. The zero-order valence-corrected chi connectivity index (χ0v) is 14.5. The molecule has 6 nitrogen and oxygen atoms in total. The van der Waals surface area contributed by atoms with E-state index in [1.807, 2.05) is 30.3 Å². The van der Waals surface area contributed by atoms with Crippen molar-refractivity contribution >= 4 is 32.2 Å². The molecule has 0 saturated heterocycles. The summed E-state index contributed by atoms with van der Waals surface area (Å²) in [5.41, 5.74) is 0.693. The maximum atomic E-state index is 13.0. The van der Waals surface area contributed by atoms with Gasteiger partial charge >= 0.3 is 0 Å². The fraction of sp³-hybridized carbons (Fsp3) is 0.111. The van der Waals surface area contributed by atoms with Crippen molar-refractivity contribution in [1.29, 1.82) is 0 Å². The summed E-state index contributed by atoms with van der Waals surface area (Å²) >= 11 is 0. The summed E-state index contributed by atoms with van der Waals surface area (Å²) in [5.74, 6) is 0. The molecule has 0 amide bonds. The van der Waals surface area contributed by atoms with Crippen molar-refractivity contribution in [3.63, 3.8) is 0 Å². The fourth-order valence-electron chi connectivity index (χ4n) is 2.64. The van der Waals surface area contributed by atoms with Gasteiger partial charge in [0.15, 0.2) is 0 Å². The number of aryl methyl sites for hydroxylation is 1. The van der Waals surface area contributed by atoms with Gasteiger partial charge in [-0.15, -0.1) is 0 Å². The Kier molecular flexibility index (Phi) is 4.18. The minimum Gasteiger partial charge on any atom is -0.269 e. The van der Waals surface area contributed by atoms with E-state index >= 15 is 0 Å². The number of hydrogen-bond donors (Lipinski definition) is 0. The zero-order chi connectivity index (χ0) is 18.2. The molecule has 0 N–H and O–H groups in total. The zero-order valence-electron chi connectivity index (χ0n) is 13.7. The van der Waals surface area contributed by atoms with E-state index < -0.39 is 14.9 Å². The van der Waals surface area contributed by atoms with E-state index in [4.69, 9.17) is 0 Å². The maximum absolute atomic E-state index is 13.0. The SMILES string of the molecule is Cc1ccc([N+](=O)[O-])cc1S(=O)(=O)N(C)c1ccc2ccccc2c1. The summed E-state index contributed by atoms with van der Waals surface area (Å²) in [6.45, 7) is 1.62. The average Bonchev–Trinajstić information content (AvgIpc) is 2.60. The Morgan fingerprint density at radius 2 is 1.64 bits per heavy atom. The van der Waals surface area contributed by atoms with Crippen LogP contribution in [0.2, 0.25) is 0 Å². The van der Waals surface area contributed by atoms with E-state index in [2.05, 4.69) is 0 Å². The first-order valence-corrected chi connectivity index (χ1v) is 8.97. The minimum absolute atomic E-state index is 0.0719. The van der Waals surface area contributed by atoms with Crippen molar-refractivity contribution < 1.29 is 13.3 Å². The van der Waals surface area contributed by atoms with Crippen molar-refractivity contribution in [2.24, 2.45) is 0 Å². The van der Waals surface area contributed by atoms with Crippen molar-refractivity contribution in [3.05, 3.63) is 76.3 Å². The lowest BCUT2D eigenvalue weighted by Crippen LogP contribution is -2.27. The van der Waals surface area contributed by atoms with Gasteiger partial charge in [0.05, 0.1) is 15.5 Å². The lowest BCUT2D eigenvalue weighted by atomic mass is 10.1. The molecule has 3 rings (SSSR count). The molecule has 3 aromatic rings. The van der Waals surface area contributed by atoms with Crippen LogP contribution in [0.15, 0.2) is 65.6 Å². The summed E-state index contributed by atoms with van der Waals surface area (Å²) in [7, 11) is -2.48. The minimum atomic E-state index is -3.92. The standard InChI is InChI=1S/C18H16N2O4S/c1-13-7-9-17(20(21)22)12-18(13)25(23,24)19(2)16-10-8-14-5-3-4-6-15(14)11-16/h3-12H,1-2H3. The molecule has 0 aliphatic heterocycles. The second-order valence-corrected chi connectivity index (χ2v) is 7.65. The Morgan fingerprint density at radius 1 is 0.960 bits per heavy atom. The van der Waals surface area contributed by atoms with Crippen LogP contribution in [0.25, 0.3) is 10.8 Å². The van der Waals surface area contributed by atoms with Crippen LogP contribution in [0.5, 0.6) is 0 Å². The van der Waals surface area contributed by atoms with Crippen molar-refractivity contribution in [2.75, 3.05) is 11.4 Å². The van der Waals surface area contributed by atoms with Crippen LogP contribution in [-0.2, 0) is 10.0 Å². The number of rotatable bonds is 4. The summed E-state index contributed by atoms with van der Waals surface area (Å²) in [4.78, 5) is 10.3. The first kappa shape index (κ1) is 16.9. The van der Waals surface area contributed by atoms with Gasteiger partial charge in [0, 0.05) is 19.2 Å². The summed E-state index contributed by atoms with van der Waals surface area (Å²) in [5, 5.41) is 12.9. The lowest BCUT2D eigenvalue weighted by molar-refractivity contribution is -0.385. The van der Waals surface area contributed by atoms with E-state index in [0.717, 1.165) is 21.1 Å². The molecule has 0 spiro atoms. The second-order valence-electron chi connectivity index (χ2n) is 5.71. The van der Waals surface area contributed by atoms with E-state index in [-0.39, 0.29) is 10.6 Å². The van der Waals surface area contributed by atoms with E-state index in [1.54, 1.807) is 19.1 Å². The number of benzene rings is 3. The molecule has 25 heavy (non-hydrogen) atoms. The van der Waals surface area contributed by atoms with Crippen LogP contribution in [0, 0.1) is 17.0 Å². The molecule has 3 aromatic carbocycles. The molecule has 0 atom stereocenters. The van der Waals surface area contributed by atoms with Crippen LogP contribution in [-0.4, -0.2) is 20.4 Å². The topological polar surface area (TPSA) is 80.5 Å².